The lowest BCUT2D eigenvalue weighted by atomic mass is 9.84. The van der Waals surface area contributed by atoms with Crippen molar-refractivity contribution in [2.75, 3.05) is 20.2 Å². The van der Waals surface area contributed by atoms with E-state index in [1.165, 1.54) is 39.2 Å². The number of methoxy groups -OCH3 is 1. The first kappa shape index (κ1) is 15.2. The molecule has 3 heteroatoms. The SMILES string of the molecule is C=CCCN(CC(=O)OC)[C@H](C)C1CCCCC1. The molecule has 0 spiro atoms. The van der Waals surface area contributed by atoms with Gasteiger partial charge in [0.1, 0.15) is 0 Å². The van der Waals surface area contributed by atoms with Gasteiger partial charge < -0.3 is 4.74 Å². The molecule has 0 radical (unpaired) electrons. The topological polar surface area (TPSA) is 29.5 Å². The molecule has 18 heavy (non-hydrogen) atoms. The maximum Gasteiger partial charge on any atom is 0.319 e. The van der Waals surface area contributed by atoms with Crippen LogP contribution in [0.4, 0.5) is 0 Å². The standard InChI is InChI=1S/C15H27NO2/c1-4-5-11-16(12-15(17)18-3)13(2)14-9-7-6-8-10-14/h4,13-14H,1,5-12H2,2-3H3/t13-/m1/s1. The van der Waals surface area contributed by atoms with Crippen molar-refractivity contribution in [1.29, 1.82) is 0 Å². The van der Waals surface area contributed by atoms with Crippen molar-refractivity contribution in [3.63, 3.8) is 0 Å². The van der Waals surface area contributed by atoms with Gasteiger partial charge in [-0.05, 0) is 32.1 Å². The van der Waals surface area contributed by atoms with E-state index in [1.54, 1.807) is 0 Å². The third kappa shape index (κ3) is 4.81. The second-order valence-corrected chi connectivity index (χ2v) is 5.26. The molecule has 0 amide bonds. The quantitative estimate of drug-likeness (QED) is 0.516. The molecule has 1 rings (SSSR count). The first-order valence-electron chi connectivity index (χ1n) is 7.10. The summed E-state index contributed by atoms with van der Waals surface area (Å²) in [6.45, 7) is 7.32. The van der Waals surface area contributed by atoms with Crippen LogP contribution in [0.5, 0.6) is 0 Å². The highest BCUT2D eigenvalue weighted by Gasteiger charge is 2.26. The van der Waals surface area contributed by atoms with Gasteiger partial charge in [0.15, 0.2) is 0 Å². The predicted octanol–water partition coefficient (Wildman–Crippen LogP) is 3.01. The lowest BCUT2D eigenvalue weighted by Crippen LogP contribution is -2.43. The van der Waals surface area contributed by atoms with Crippen LogP contribution in [0.15, 0.2) is 12.7 Å². The predicted molar refractivity (Wildman–Crippen MR) is 74.4 cm³/mol. The summed E-state index contributed by atoms with van der Waals surface area (Å²) in [7, 11) is 1.46. The first-order chi connectivity index (χ1) is 8.69. The number of hydrogen-bond donors (Lipinski definition) is 0. The molecule has 0 bridgehead atoms. The van der Waals surface area contributed by atoms with Gasteiger partial charge in [0.05, 0.1) is 13.7 Å². The van der Waals surface area contributed by atoms with E-state index >= 15 is 0 Å². The minimum atomic E-state index is -0.137. The van der Waals surface area contributed by atoms with Gasteiger partial charge >= 0.3 is 5.97 Å². The summed E-state index contributed by atoms with van der Waals surface area (Å²) in [6, 6.07) is 0.462. The third-order valence-corrected chi connectivity index (χ3v) is 4.09. The number of carbonyl (C=O) groups excluding carboxylic acids is 1. The Labute approximate surface area is 111 Å². The van der Waals surface area contributed by atoms with Crippen molar-refractivity contribution in [3.8, 4) is 0 Å². The number of carbonyl (C=O) groups is 1. The average Bonchev–Trinajstić information content (AvgIpc) is 2.43. The molecular formula is C15H27NO2. The van der Waals surface area contributed by atoms with Gasteiger partial charge in [0, 0.05) is 12.6 Å². The van der Waals surface area contributed by atoms with Crippen molar-refractivity contribution in [2.45, 2.75) is 51.5 Å². The van der Waals surface area contributed by atoms with E-state index in [2.05, 4.69) is 18.4 Å². The summed E-state index contributed by atoms with van der Waals surface area (Å²) < 4.78 is 4.79. The van der Waals surface area contributed by atoms with Crippen molar-refractivity contribution in [2.24, 2.45) is 5.92 Å². The van der Waals surface area contributed by atoms with Crippen molar-refractivity contribution in [3.05, 3.63) is 12.7 Å². The van der Waals surface area contributed by atoms with Gasteiger partial charge in [0.2, 0.25) is 0 Å². The summed E-state index contributed by atoms with van der Waals surface area (Å²) in [4.78, 5) is 13.7. The Bertz CT molecular complexity index is 259. The van der Waals surface area contributed by atoms with E-state index in [1.807, 2.05) is 6.08 Å². The number of esters is 1. The number of hydrogen-bond acceptors (Lipinski definition) is 3. The van der Waals surface area contributed by atoms with Gasteiger partial charge in [0.25, 0.3) is 0 Å². The molecular weight excluding hydrogens is 226 g/mol. The van der Waals surface area contributed by atoms with Crippen LogP contribution in [0.25, 0.3) is 0 Å². The molecule has 0 unspecified atom stereocenters. The molecule has 0 aromatic carbocycles. The molecule has 3 nitrogen and oxygen atoms in total. The number of nitrogens with zero attached hydrogens (tertiary/aromatic N) is 1. The van der Waals surface area contributed by atoms with Gasteiger partial charge in [-0.1, -0.05) is 25.3 Å². The normalized spacial score (nSPS) is 18.6. The lowest BCUT2D eigenvalue weighted by molar-refractivity contribution is -0.142. The molecule has 0 aromatic heterocycles. The van der Waals surface area contributed by atoms with E-state index < -0.39 is 0 Å². The molecule has 0 N–H and O–H groups in total. The highest BCUT2D eigenvalue weighted by atomic mass is 16.5. The van der Waals surface area contributed by atoms with Crippen molar-refractivity contribution >= 4 is 5.97 Å². The molecule has 0 aliphatic heterocycles. The largest absolute Gasteiger partial charge is 0.468 e. The highest BCUT2D eigenvalue weighted by Crippen LogP contribution is 2.28. The Morgan fingerprint density at radius 1 is 1.44 bits per heavy atom. The van der Waals surface area contributed by atoms with Crippen molar-refractivity contribution in [1.82, 2.24) is 4.90 Å². The highest BCUT2D eigenvalue weighted by molar-refractivity contribution is 5.71. The molecule has 1 atom stereocenters. The zero-order valence-corrected chi connectivity index (χ0v) is 11.9. The van der Waals surface area contributed by atoms with E-state index in [-0.39, 0.29) is 5.97 Å². The van der Waals surface area contributed by atoms with E-state index in [0.717, 1.165) is 18.9 Å². The average molecular weight is 253 g/mol. The third-order valence-electron chi connectivity index (χ3n) is 4.09. The first-order valence-corrected chi connectivity index (χ1v) is 7.10. The maximum absolute atomic E-state index is 11.5. The summed E-state index contributed by atoms with van der Waals surface area (Å²) >= 11 is 0. The van der Waals surface area contributed by atoms with Crippen LogP contribution in [-0.4, -0.2) is 37.1 Å². The Morgan fingerprint density at radius 3 is 2.67 bits per heavy atom. The van der Waals surface area contributed by atoms with Crippen LogP contribution in [0.2, 0.25) is 0 Å². The summed E-state index contributed by atoms with van der Waals surface area (Å²) in [5, 5.41) is 0. The molecule has 1 aliphatic rings. The Morgan fingerprint density at radius 2 is 2.11 bits per heavy atom. The molecule has 0 aromatic rings. The molecule has 1 fully saturated rings. The zero-order chi connectivity index (χ0) is 13.4. The second-order valence-electron chi connectivity index (χ2n) is 5.26. The molecule has 104 valence electrons. The summed E-state index contributed by atoms with van der Waals surface area (Å²) in [5.74, 6) is 0.593. The summed E-state index contributed by atoms with van der Waals surface area (Å²) in [6.07, 6.45) is 9.48. The van der Waals surface area contributed by atoms with Crippen molar-refractivity contribution < 1.29 is 9.53 Å². The van der Waals surface area contributed by atoms with Crippen LogP contribution < -0.4 is 0 Å². The Hall–Kier alpha value is -0.830. The Kier molecular flexibility index (Phi) is 7.02. The smallest absolute Gasteiger partial charge is 0.319 e. The lowest BCUT2D eigenvalue weighted by Gasteiger charge is -2.36. The van der Waals surface area contributed by atoms with Gasteiger partial charge in [-0.2, -0.15) is 0 Å². The fourth-order valence-electron chi connectivity index (χ4n) is 2.83. The maximum atomic E-state index is 11.5. The zero-order valence-electron chi connectivity index (χ0n) is 11.9. The van der Waals surface area contributed by atoms with E-state index in [0.29, 0.717) is 12.6 Å². The van der Waals surface area contributed by atoms with Gasteiger partial charge in [-0.15, -0.1) is 6.58 Å². The Balaban J connectivity index is 2.55. The number of ether oxygens (including phenoxy) is 1. The fraction of sp³-hybridized carbons (Fsp3) is 0.800. The molecule has 0 saturated heterocycles. The molecule has 0 heterocycles. The minimum Gasteiger partial charge on any atom is -0.468 e. The van der Waals surface area contributed by atoms with Crippen LogP contribution in [0.1, 0.15) is 45.4 Å². The number of rotatable bonds is 7. The van der Waals surface area contributed by atoms with Gasteiger partial charge in [-0.25, -0.2) is 0 Å². The molecule has 1 saturated carbocycles. The monoisotopic (exact) mass is 253 g/mol. The summed E-state index contributed by atoms with van der Waals surface area (Å²) in [5.41, 5.74) is 0. The van der Waals surface area contributed by atoms with E-state index in [4.69, 9.17) is 4.74 Å². The van der Waals surface area contributed by atoms with Gasteiger partial charge in [-0.3, -0.25) is 9.69 Å². The second kappa shape index (κ2) is 8.30. The fourth-order valence-corrected chi connectivity index (χ4v) is 2.83. The van der Waals surface area contributed by atoms with Crippen LogP contribution in [0, 0.1) is 5.92 Å². The minimum absolute atomic E-state index is 0.137. The van der Waals surface area contributed by atoms with Crippen LogP contribution >= 0.6 is 0 Å². The molecule has 1 aliphatic carbocycles. The van der Waals surface area contributed by atoms with Crippen LogP contribution in [0.3, 0.4) is 0 Å². The van der Waals surface area contributed by atoms with E-state index in [9.17, 15) is 4.79 Å². The van der Waals surface area contributed by atoms with Crippen LogP contribution in [-0.2, 0) is 9.53 Å².